The van der Waals surface area contributed by atoms with Crippen LogP contribution in [0.3, 0.4) is 0 Å². The van der Waals surface area contributed by atoms with Gasteiger partial charge in [-0.05, 0) is 37.7 Å². The molecule has 0 bridgehead atoms. The second-order valence-electron chi connectivity index (χ2n) is 6.95. The molecule has 0 aliphatic carbocycles. The second kappa shape index (κ2) is 15.0. The third-order valence-corrected chi connectivity index (χ3v) is 5.16. The van der Waals surface area contributed by atoms with Crippen LogP contribution in [0.5, 0.6) is 5.75 Å². The van der Waals surface area contributed by atoms with Crippen molar-refractivity contribution < 1.29 is 4.74 Å². The molecule has 0 aliphatic rings. The van der Waals surface area contributed by atoms with Gasteiger partial charge in [-0.25, -0.2) is 0 Å². The van der Waals surface area contributed by atoms with Gasteiger partial charge >= 0.3 is 0 Å². The van der Waals surface area contributed by atoms with E-state index in [0.717, 1.165) is 56.7 Å². The highest BCUT2D eigenvalue weighted by atomic mass is 127. The van der Waals surface area contributed by atoms with Gasteiger partial charge in [0.2, 0.25) is 0 Å². The Kier molecular flexibility index (Phi) is 13.1. The largest absolute Gasteiger partial charge is 0.497 e. The molecule has 174 valence electrons. The molecule has 1 atom stereocenters. The van der Waals surface area contributed by atoms with Crippen molar-refractivity contribution in [3.8, 4) is 5.75 Å². The number of hydrogen-bond donors (Lipinski definition) is 2. The normalized spacial score (nSPS) is 12.4. The molecule has 0 fully saturated rings. The monoisotopic (exact) mass is 543 g/mol. The van der Waals surface area contributed by atoms with Gasteiger partial charge in [0.05, 0.1) is 19.7 Å². The van der Waals surface area contributed by atoms with Gasteiger partial charge in [-0.1, -0.05) is 32.9 Å². The lowest BCUT2D eigenvalue weighted by Crippen LogP contribution is -2.40. The fourth-order valence-corrected chi connectivity index (χ4v) is 3.50. The molecule has 8 nitrogen and oxygen atoms in total. The zero-order chi connectivity index (χ0) is 21.8. The molecule has 9 heteroatoms. The quantitative estimate of drug-likeness (QED) is 0.244. The number of ether oxygens (including phenoxy) is 1. The number of halogens is 1. The van der Waals surface area contributed by atoms with Gasteiger partial charge < -0.3 is 19.9 Å². The molecule has 0 spiro atoms. The highest BCUT2D eigenvalue weighted by Gasteiger charge is 2.18. The molecule has 31 heavy (non-hydrogen) atoms. The predicted octanol–water partition coefficient (Wildman–Crippen LogP) is 3.11. The van der Waals surface area contributed by atoms with Gasteiger partial charge in [0.15, 0.2) is 5.96 Å². The van der Waals surface area contributed by atoms with E-state index in [1.807, 2.05) is 12.1 Å². The fourth-order valence-electron chi connectivity index (χ4n) is 3.50. The average Bonchev–Trinajstić information content (AvgIpc) is 3.24. The molecule has 0 amide bonds. The van der Waals surface area contributed by atoms with E-state index in [2.05, 4.69) is 70.1 Å². The number of benzene rings is 1. The summed E-state index contributed by atoms with van der Waals surface area (Å²) >= 11 is 0. The predicted molar refractivity (Wildman–Crippen MR) is 137 cm³/mol. The van der Waals surface area contributed by atoms with E-state index < -0.39 is 0 Å². The Morgan fingerprint density at radius 3 is 2.61 bits per heavy atom. The van der Waals surface area contributed by atoms with Crippen molar-refractivity contribution in [2.45, 2.75) is 46.7 Å². The Morgan fingerprint density at radius 2 is 1.97 bits per heavy atom. The Labute approximate surface area is 203 Å². The molecule has 0 aliphatic heterocycles. The molecular weight excluding hydrogens is 505 g/mol. The Balaban J connectivity index is 0.00000480. The number of rotatable bonds is 12. The second-order valence-corrected chi connectivity index (χ2v) is 6.95. The number of likely N-dealkylation sites (N-methyl/N-ethyl adjacent to an activating group) is 1. The molecule has 1 heterocycles. The Morgan fingerprint density at radius 1 is 1.19 bits per heavy atom. The lowest BCUT2D eigenvalue weighted by atomic mass is 10.0. The van der Waals surface area contributed by atoms with Crippen LogP contribution < -0.4 is 15.4 Å². The van der Waals surface area contributed by atoms with Gasteiger partial charge in [-0.15, -0.1) is 34.2 Å². The standard InChI is InChI=1S/C22H37N7O.HI/c1-6-21-27-26-17-29(21)14-13-24-22(23-7-2)25-16-20(28(8-3)9-4)18-11-10-12-19(15-18)30-5;/h10-12,15,17,20H,6-9,13-14,16H2,1-5H3,(H2,23,24,25);1H. The third kappa shape index (κ3) is 8.29. The van der Waals surface area contributed by atoms with Crippen LogP contribution in [0.25, 0.3) is 0 Å². The fraction of sp³-hybridized carbons (Fsp3) is 0.591. The zero-order valence-electron chi connectivity index (χ0n) is 19.5. The molecule has 1 unspecified atom stereocenters. The highest BCUT2D eigenvalue weighted by Crippen LogP contribution is 2.24. The van der Waals surface area contributed by atoms with Crippen LogP contribution in [0.2, 0.25) is 0 Å². The Bertz CT molecular complexity index is 777. The molecule has 2 N–H and O–H groups in total. The first-order chi connectivity index (χ1) is 14.7. The van der Waals surface area contributed by atoms with Crippen LogP contribution in [-0.4, -0.2) is 65.5 Å². The maximum atomic E-state index is 5.43. The molecule has 0 radical (unpaired) electrons. The third-order valence-electron chi connectivity index (χ3n) is 5.16. The highest BCUT2D eigenvalue weighted by molar-refractivity contribution is 14.0. The van der Waals surface area contributed by atoms with Crippen molar-refractivity contribution >= 4 is 29.9 Å². The molecule has 0 saturated carbocycles. The average molecular weight is 543 g/mol. The van der Waals surface area contributed by atoms with Gasteiger partial charge in [0, 0.05) is 26.1 Å². The van der Waals surface area contributed by atoms with Crippen molar-refractivity contribution in [1.29, 1.82) is 0 Å². The number of hydrogen-bond acceptors (Lipinski definition) is 5. The van der Waals surface area contributed by atoms with E-state index in [9.17, 15) is 0 Å². The molecule has 2 aromatic rings. The van der Waals surface area contributed by atoms with Crippen LogP contribution >= 0.6 is 24.0 Å². The van der Waals surface area contributed by atoms with E-state index in [1.165, 1.54) is 5.56 Å². The summed E-state index contributed by atoms with van der Waals surface area (Å²) in [6, 6.07) is 8.47. The first-order valence-corrected chi connectivity index (χ1v) is 10.9. The lowest BCUT2D eigenvalue weighted by molar-refractivity contribution is 0.224. The number of aliphatic imine (C=N–C) groups is 1. The smallest absolute Gasteiger partial charge is 0.191 e. The molecular formula is C22H38IN7O. The molecule has 1 aromatic heterocycles. The van der Waals surface area contributed by atoms with Crippen molar-refractivity contribution in [1.82, 2.24) is 30.3 Å². The first kappa shape index (κ1) is 27.2. The number of aromatic nitrogens is 3. The van der Waals surface area contributed by atoms with Crippen LogP contribution in [0.15, 0.2) is 35.6 Å². The summed E-state index contributed by atoms with van der Waals surface area (Å²) in [5.41, 5.74) is 1.22. The number of aryl methyl sites for hydroxylation is 1. The summed E-state index contributed by atoms with van der Waals surface area (Å²) in [6.45, 7) is 13.5. The van der Waals surface area contributed by atoms with E-state index in [-0.39, 0.29) is 30.0 Å². The van der Waals surface area contributed by atoms with Crippen LogP contribution in [0.4, 0.5) is 0 Å². The summed E-state index contributed by atoms with van der Waals surface area (Å²) in [4.78, 5) is 7.32. The number of nitrogens with one attached hydrogen (secondary N) is 2. The van der Waals surface area contributed by atoms with Crippen molar-refractivity contribution in [2.75, 3.05) is 39.8 Å². The van der Waals surface area contributed by atoms with Gasteiger partial charge in [0.1, 0.15) is 17.9 Å². The number of guanidine groups is 1. The Hall–Kier alpha value is -1.88. The minimum absolute atomic E-state index is 0. The summed E-state index contributed by atoms with van der Waals surface area (Å²) in [6.07, 6.45) is 2.66. The molecule has 2 rings (SSSR count). The van der Waals surface area contributed by atoms with Gasteiger partial charge in [-0.3, -0.25) is 9.89 Å². The van der Waals surface area contributed by atoms with Gasteiger partial charge in [0.25, 0.3) is 0 Å². The van der Waals surface area contributed by atoms with E-state index in [4.69, 9.17) is 9.73 Å². The van der Waals surface area contributed by atoms with Crippen molar-refractivity contribution in [2.24, 2.45) is 4.99 Å². The van der Waals surface area contributed by atoms with Crippen molar-refractivity contribution in [3.05, 3.63) is 42.0 Å². The van der Waals surface area contributed by atoms with E-state index in [1.54, 1.807) is 13.4 Å². The minimum Gasteiger partial charge on any atom is -0.497 e. The van der Waals surface area contributed by atoms with Crippen LogP contribution in [-0.2, 0) is 13.0 Å². The summed E-state index contributed by atoms with van der Waals surface area (Å²) in [5, 5.41) is 14.9. The van der Waals surface area contributed by atoms with E-state index >= 15 is 0 Å². The minimum atomic E-state index is 0. The first-order valence-electron chi connectivity index (χ1n) is 10.9. The zero-order valence-corrected chi connectivity index (χ0v) is 21.8. The summed E-state index contributed by atoms with van der Waals surface area (Å²) in [5.74, 6) is 2.70. The van der Waals surface area contributed by atoms with E-state index in [0.29, 0.717) is 6.54 Å². The number of methoxy groups -OCH3 is 1. The van der Waals surface area contributed by atoms with Gasteiger partial charge in [-0.2, -0.15) is 0 Å². The topological polar surface area (TPSA) is 79.6 Å². The van der Waals surface area contributed by atoms with Crippen LogP contribution in [0.1, 0.15) is 45.1 Å². The SMILES string of the molecule is CCNC(=NCC(c1cccc(OC)c1)N(CC)CC)NCCn1cnnc1CC.I. The molecule has 1 aromatic carbocycles. The van der Waals surface area contributed by atoms with Crippen molar-refractivity contribution in [3.63, 3.8) is 0 Å². The van der Waals surface area contributed by atoms with Crippen LogP contribution in [0, 0.1) is 0 Å². The molecule has 0 saturated heterocycles. The summed E-state index contributed by atoms with van der Waals surface area (Å²) < 4.78 is 7.51. The maximum absolute atomic E-state index is 5.43. The number of nitrogens with zero attached hydrogens (tertiary/aromatic N) is 5. The lowest BCUT2D eigenvalue weighted by Gasteiger charge is -2.29. The summed E-state index contributed by atoms with van der Waals surface area (Å²) in [7, 11) is 1.70. The maximum Gasteiger partial charge on any atom is 0.191 e.